The zero-order valence-electron chi connectivity index (χ0n) is 14.2. The molecule has 3 aliphatic rings. The van der Waals surface area contributed by atoms with Crippen molar-refractivity contribution in [2.24, 2.45) is 11.8 Å². The first-order valence-electron chi connectivity index (χ1n) is 9.30. The summed E-state index contributed by atoms with van der Waals surface area (Å²) in [6, 6.07) is 0. The van der Waals surface area contributed by atoms with Crippen LogP contribution in [0.25, 0.3) is 0 Å². The second kappa shape index (κ2) is 7.23. The lowest BCUT2D eigenvalue weighted by Crippen LogP contribution is -2.32. The van der Waals surface area contributed by atoms with Crippen molar-refractivity contribution in [3.8, 4) is 0 Å². The van der Waals surface area contributed by atoms with Crippen LogP contribution in [-0.4, -0.2) is 42.1 Å². The number of aromatic nitrogens is 2. The Morgan fingerprint density at radius 1 is 1.21 bits per heavy atom. The average molecular weight is 333 g/mol. The second-order valence-corrected chi connectivity index (χ2v) is 7.38. The highest BCUT2D eigenvalue weighted by molar-refractivity contribution is 5.76. The lowest BCUT2D eigenvalue weighted by atomic mass is 10.0. The first-order valence-corrected chi connectivity index (χ1v) is 9.30. The summed E-state index contributed by atoms with van der Waals surface area (Å²) in [6.45, 7) is 3.93. The monoisotopic (exact) mass is 333 g/mol. The summed E-state index contributed by atoms with van der Waals surface area (Å²) in [7, 11) is 0. The van der Waals surface area contributed by atoms with E-state index in [0.717, 1.165) is 44.7 Å². The lowest BCUT2D eigenvalue weighted by molar-refractivity contribution is -0.122. The zero-order chi connectivity index (χ0) is 16.4. The van der Waals surface area contributed by atoms with Gasteiger partial charge in [0.05, 0.1) is 12.3 Å². The van der Waals surface area contributed by atoms with Crippen LogP contribution in [0.5, 0.6) is 0 Å². The summed E-state index contributed by atoms with van der Waals surface area (Å²) in [5.41, 5.74) is 2.29. The maximum absolute atomic E-state index is 11.9. The summed E-state index contributed by atoms with van der Waals surface area (Å²) < 4.78 is 13.4. The van der Waals surface area contributed by atoms with Gasteiger partial charge in [-0.15, -0.1) is 0 Å². The molecular formula is C18H27N3O3. The van der Waals surface area contributed by atoms with Crippen molar-refractivity contribution in [2.75, 3.05) is 26.4 Å². The number of fused-ring (bicyclic) bond motifs is 1. The zero-order valence-corrected chi connectivity index (χ0v) is 14.2. The van der Waals surface area contributed by atoms with Crippen LogP contribution in [0.4, 0.5) is 0 Å². The van der Waals surface area contributed by atoms with Gasteiger partial charge in [0.15, 0.2) is 0 Å². The van der Waals surface area contributed by atoms with Crippen molar-refractivity contribution in [1.29, 1.82) is 0 Å². The SMILES string of the molecule is O=C(CC1CC1)NC[C@@H]1OCCc2cn(CC3CCOCC3)nc21. The van der Waals surface area contributed by atoms with Crippen molar-refractivity contribution in [3.63, 3.8) is 0 Å². The Bertz CT molecular complexity index is 576. The maximum Gasteiger partial charge on any atom is 0.220 e. The molecule has 2 fully saturated rings. The highest BCUT2D eigenvalue weighted by Crippen LogP contribution is 2.32. The molecule has 6 nitrogen and oxygen atoms in total. The quantitative estimate of drug-likeness (QED) is 0.863. The summed E-state index contributed by atoms with van der Waals surface area (Å²) in [5, 5.41) is 7.80. The van der Waals surface area contributed by atoms with Gasteiger partial charge in [0, 0.05) is 38.9 Å². The number of rotatable bonds is 6. The molecule has 1 amide bonds. The summed E-state index contributed by atoms with van der Waals surface area (Å²) >= 11 is 0. The maximum atomic E-state index is 11.9. The van der Waals surface area contributed by atoms with E-state index in [2.05, 4.69) is 16.2 Å². The van der Waals surface area contributed by atoms with Gasteiger partial charge in [0.1, 0.15) is 6.10 Å². The van der Waals surface area contributed by atoms with E-state index in [-0.39, 0.29) is 12.0 Å². The standard InChI is InChI=1S/C18H27N3O3/c22-17(9-13-1-2-13)19-10-16-18-15(5-8-24-16)12-21(20-18)11-14-3-6-23-7-4-14/h12-14,16H,1-11H2,(H,19,22)/t16-/m0/s1. The molecule has 2 aliphatic heterocycles. The number of carbonyl (C=O) groups is 1. The Balaban J connectivity index is 1.35. The first kappa shape index (κ1) is 16.1. The van der Waals surface area contributed by atoms with Crippen LogP contribution in [0, 0.1) is 11.8 Å². The minimum absolute atomic E-state index is 0.104. The molecule has 0 radical (unpaired) electrons. The van der Waals surface area contributed by atoms with Crippen LogP contribution in [0.3, 0.4) is 0 Å². The Kier molecular flexibility index (Phi) is 4.85. The summed E-state index contributed by atoms with van der Waals surface area (Å²) in [6.07, 6.45) is 8.28. The summed E-state index contributed by atoms with van der Waals surface area (Å²) in [5.74, 6) is 1.42. The molecule has 132 valence electrons. The fraction of sp³-hybridized carbons (Fsp3) is 0.778. The van der Waals surface area contributed by atoms with E-state index in [1.165, 1.54) is 18.4 Å². The number of nitrogens with zero attached hydrogens (tertiary/aromatic N) is 2. The second-order valence-electron chi connectivity index (χ2n) is 7.38. The predicted molar refractivity (Wildman–Crippen MR) is 88.5 cm³/mol. The molecule has 4 rings (SSSR count). The molecule has 3 heterocycles. The Labute approximate surface area is 142 Å². The molecule has 1 aliphatic carbocycles. The van der Waals surface area contributed by atoms with E-state index in [1.54, 1.807) is 0 Å². The fourth-order valence-electron chi connectivity index (χ4n) is 3.64. The average Bonchev–Trinajstić information content (AvgIpc) is 3.30. The number of carbonyl (C=O) groups excluding carboxylic acids is 1. The number of amides is 1. The van der Waals surface area contributed by atoms with Gasteiger partial charge in [-0.3, -0.25) is 9.48 Å². The van der Waals surface area contributed by atoms with E-state index in [9.17, 15) is 4.79 Å². The minimum Gasteiger partial charge on any atom is -0.381 e. The Hall–Kier alpha value is -1.40. The molecule has 0 unspecified atom stereocenters. The summed E-state index contributed by atoms with van der Waals surface area (Å²) in [4.78, 5) is 11.9. The van der Waals surface area contributed by atoms with Crippen LogP contribution in [0.2, 0.25) is 0 Å². The molecule has 24 heavy (non-hydrogen) atoms. The fourth-order valence-corrected chi connectivity index (χ4v) is 3.64. The normalized spacial score (nSPS) is 24.6. The van der Waals surface area contributed by atoms with Crippen molar-refractivity contribution in [3.05, 3.63) is 17.5 Å². The van der Waals surface area contributed by atoms with E-state index >= 15 is 0 Å². The number of ether oxygens (including phenoxy) is 2. The highest BCUT2D eigenvalue weighted by Gasteiger charge is 2.28. The van der Waals surface area contributed by atoms with Gasteiger partial charge in [-0.25, -0.2) is 0 Å². The van der Waals surface area contributed by atoms with Gasteiger partial charge >= 0.3 is 0 Å². The molecule has 0 aromatic carbocycles. The third-order valence-corrected chi connectivity index (χ3v) is 5.31. The highest BCUT2D eigenvalue weighted by atomic mass is 16.5. The van der Waals surface area contributed by atoms with Crippen molar-refractivity contribution >= 4 is 5.91 Å². The van der Waals surface area contributed by atoms with Crippen LogP contribution < -0.4 is 5.32 Å². The molecule has 1 saturated carbocycles. The predicted octanol–water partition coefficient (Wildman–Crippen LogP) is 1.84. The van der Waals surface area contributed by atoms with E-state index < -0.39 is 0 Å². The number of hydrogen-bond acceptors (Lipinski definition) is 4. The van der Waals surface area contributed by atoms with Crippen LogP contribution in [0.15, 0.2) is 6.20 Å². The molecule has 1 aromatic rings. The first-order chi connectivity index (χ1) is 11.8. The van der Waals surface area contributed by atoms with Crippen molar-refractivity contribution in [2.45, 2.75) is 51.2 Å². The molecule has 1 N–H and O–H groups in total. The van der Waals surface area contributed by atoms with E-state index in [4.69, 9.17) is 14.6 Å². The Morgan fingerprint density at radius 2 is 2.04 bits per heavy atom. The molecule has 0 bridgehead atoms. The van der Waals surface area contributed by atoms with E-state index in [1.807, 2.05) is 0 Å². The molecule has 0 spiro atoms. The van der Waals surface area contributed by atoms with Gasteiger partial charge in [-0.05, 0) is 49.5 Å². The van der Waals surface area contributed by atoms with Gasteiger partial charge in [0.2, 0.25) is 5.91 Å². The third kappa shape index (κ3) is 3.98. The van der Waals surface area contributed by atoms with Crippen molar-refractivity contribution in [1.82, 2.24) is 15.1 Å². The molecular weight excluding hydrogens is 306 g/mol. The van der Waals surface area contributed by atoms with E-state index in [0.29, 0.717) is 31.4 Å². The largest absolute Gasteiger partial charge is 0.381 e. The third-order valence-electron chi connectivity index (χ3n) is 5.31. The molecule has 1 atom stereocenters. The van der Waals surface area contributed by atoms with Gasteiger partial charge < -0.3 is 14.8 Å². The van der Waals surface area contributed by atoms with Crippen LogP contribution in [-0.2, 0) is 27.2 Å². The Morgan fingerprint density at radius 3 is 2.83 bits per heavy atom. The molecule has 1 aromatic heterocycles. The number of hydrogen-bond donors (Lipinski definition) is 1. The smallest absolute Gasteiger partial charge is 0.220 e. The van der Waals surface area contributed by atoms with Crippen LogP contribution >= 0.6 is 0 Å². The molecule has 1 saturated heterocycles. The van der Waals surface area contributed by atoms with Gasteiger partial charge in [0.25, 0.3) is 0 Å². The number of nitrogens with one attached hydrogen (secondary N) is 1. The van der Waals surface area contributed by atoms with Crippen LogP contribution in [0.1, 0.15) is 49.5 Å². The minimum atomic E-state index is -0.104. The van der Waals surface area contributed by atoms with Gasteiger partial charge in [-0.1, -0.05) is 0 Å². The molecule has 6 heteroatoms. The topological polar surface area (TPSA) is 65.4 Å². The van der Waals surface area contributed by atoms with Gasteiger partial charge in [-0.2, -0.15) is 5.10 Å². The van der Waals surface area contributed by atoms with Crippen molar-refractivity contribution < 1.29 is 14.3 Å². The lowest BCUT2D eigenvalue weighted by Gasteiger charge is -2.22.